The van der Waals surface area contributed by atoms with Crippen molar-refractivity contribution in [3.63, 3.8) is 0 Å². The number of hydrogen-bond donors (Lipinski definition) is 2. The van der Waals surface area contributed by atoms with E-state index >= 15 is 0 Å². The Hall–Kier alpha value is -1.35. The molecular formula is C12H16F3N3O2S. The molecule has 1 aliphatic heterocycles. The van der Waals surface area contributed by atoms with E-state index in [1.807, 2.05) is 0 Å². The SMILES string of the molecule is O=C(NCCc1nc(C(F)(F)F)cs1)N1CCCC(O)C1. The average Bonchev–Trinajstić information content (AvgIpc) is 2.87. The van der Waals surface area contributed by atoms with E-state index in [2.05, 4.69) is 10.3 Å². The number of aliphatic hydroxyl groups is 1. The van der Waals surface area contributed by atoms with Gasteiger partial charge in [0.05, 0.1) is 11.1 Å². The fraction of sp³-hybridized carbons (Fsp3) is 0.667. The molecule has 0 bridgehead atoms. The maximum absolute atomic E-state index is 12.4. The number of rotatable bonds is 3. The third-order valence-electron chi connectivity index (χ3n) is 3.14. The Kier molecular flexibility index (Phi) is 5.04. The normalized spacial score (nSPS) is 19.6. The first kappa shape index (κ1) is 16.0. The van der Waals surface area contributed by atoms with E-state index in [1.54, 1.807) is 0 Å². The van der Waals surface area contributed by atoms with Gasteiger partial charge in [-0.25, -0.2) is 9.78 Å². The Morgan fingerprint density at radius 2 is 2.33 bits per heavy atom. The van der Waals surface area contributed by atoms with Crippen molar-refractivity contribution in [1.82, 2.24) is 15.2 Å². The molecule has 0 radical (unpaired) electrons. The number of alkyl halides is 3. The summed E-state index contributed by atoms with van der Waals surface area (Å²) >= 11 is 0.928. The van der Waals surface area contributed by atoms with Crippen LogP contribution in [0.4, 0.5) is 18.0 Å². The molecule has 0 aliphatic carbocycles. The highest BCUT2D eigenvalue weighted by Gasteiger charge is 2.33. The van der Waals surface area contributed by atoms with Crippen molar-refractivity contribution in [1.29, 1.82) is 0 Å². The zero-order chi connectivity index (χ0) is 15.5. The first-order valence-corrected chi connectivity index (χ1v) is 7.46. The van der Waals surface area contributed by atoms with Crippen LogP contribution < -0.4 is 5.32 Å². The molecule has 1 saturated heterocycles. The molecule has 2 amide bonds. The van der Waals surface area contributed by atoms with Gasteiger partial charge in [0.2, 0.25) is 0 Å². The molecule has 1 fully saturated rings. The van der Waals surface area contributed by atoms with Crippen LogP contribution in [0.2, 0.25) is 0 Å². The van der Waals surface area contributed by atoms with Crippen LogP contribution in [-0.4, -0.2) is 46.8 Å². The molecule has 21 heavy (non-hydrogen) atoms. The predicted molar refractivity (Wildman–Crippen MR) is 71.0 cm³/mol. The molecule has 0 aromatic carbocycles. The van der Waals surface area contributed by atoms with Crippen LogP contribution in [0.15, 0.2) is 5.38 Å². The number of urea groups is 1. The van der Waals surface area contributed by atoms with Crippen LogP contribution in [-0.2, 0) is 12.6 Å². The molecule has 1 atom stereocenters. The summed E-state index contributed by atoms with van der Waals surface area (Å²) in [6.07, 6.45) is -3.25. The third kappa shape index (κ3) is 4.57. The van der Waals surface area contributed by atoms with Crippen molar-refractivity contribution in [2.75, 3.05) is 19.6 Å². The van der Waals surface area contributed by atoms with Crippen LogP contribution in [0.1, 0.15) is 23.5 Å². The number of aliphatic hydroxyl groups excluding tert-OH is 1. The van der Waals surface area contributed by atoms with Gasteiger partial charge in [-0.15, -0.1) is 11.3 Å². The number of thiazole rings is 1. The van der Waals surface area contributed by atoms with E-state index < -0.39 is 18.0 Å². The van der Waals surface area contributed by atoms with Crippen molar-refractivity contribution >= 4 is 17.4 Å². The fourth-order valence-electron chi connectivity index (χ4n) is 2.08. The minimum atomic E-state index is -4.43. The molecule has 1 aromatic heterocycles. The second-order valence-corrected chi connectivity index (χ2v) is 5.79. The molecule has 5 nitrogen and oxygen atoms in total. The van der Waals surface area contributed by atoms with Gasteiger partial charge in [-0.3, -0.25) is 0 Å². The summed E-state index contributed by atoms with van der Waals surface area (Å²) in [7, 11) is 0. The quantitative estimate of drug-likeness (QED) is 0.892. The Labute approximate surface area is 123 Å². The molecule has 2 heterocycles. The van der Waals surface area contributed by atoms with Crippen molar-refractivity contribution in [2.45, 2.75) is 31.5 Å². The summed E-state index contributed by atoms with van der Waals surface area (Å²) in [4.78, 5) is 16.8. The zero-order valence-corrected chi connectivity index (χ0v) is 12.0. The van der Waals surface area contributed by atoms with Crippen molar-refractivity contribution in [3.8, 4) is 0 Å². The van der Waals surface area contributed by atoms with Crippen LogP contribution >= 0.6 is 11.3 Å². The average molecular weight is 323 g/mol. The number of nitrogens with one attached hydrogen (secondary N) is 1. The summed E-state index contributed by atoms with van der Waals surface area (Å²) < 4.78 is 37.1. The first-order chi connectivity index (χ1) is 9.86. The molecule has 118 valence electrons. The number of halogens is 3. The molecule has 2 rings (SSSR count). The van der Waals surface area contributed by atoms with E-state index in [-0.39, 0.29) is 19.0 Å². The Bertz CT molecular complexity index is 492. The Balaban J connectivity index is 1.76. The van der Waals surface area contributed by atoms with Crippen molar-refractivity contribution in [3.05, 3.63) is 16.1 Å². The number of β-amino-alcohol motifs (C(OH)–C–C–N with tert-alkyl or cyclic N) is 1. The van der Waals surface area contributed by atoms with E-state index in [0.29, 0.717) is 24.5 Å². The van der Waals surface area contributed by atoms with Crippen LogP contribution in [0.3, 0.4) is 0 Å². The molecule has 2 N–H and O–H groups in total. The van der Waals surface area contributed by atoms with Crippen LogP contribution in [0, 0.1) is 0 Å². The van der Waals surface area contributed by atoms with Gasteiger partial charge in [-0.1, -0.05) is 0 Å². The molecule has 1 aromatic rings. The second-order valence-electron chi connectivity index (χ2n) is 4.85. The third-order valence-corrected chi connectivity index (χ3v) is 4.05. The van der Waals surface area contributed by atoms with Gasteiger partial charge in [0.15, 0.2) is 5.69 Å². The minimum absolute atomic E-state index is 0.218. The summed E-state index contributed by atoms with van der Waals surface area (Å²) in [5.41, 5.74) is -0.895. The maximum Gasteiger partial charge on any atom is 0.434 e. The summed E-state index contributed by atoms with van der Waals surface area (Å²) in [6, 6.07) is -0.304. The summed E-state index contributed by atoms with van der Waals surface area (Å²) in [5.74, 6) is 0. The molecule has 9 heteroatoms. The number of aromatic nitrogens is 1. The topological polar surface area (TPSA) is 65.5 Å². The number of carbonyl (C=O) groups is 1. The lowest BCUT2D eigenvalue weighted by Crippen LogP contribution is -2.47. The van der Waals surface area contributed by atoms with Gasteiger partial charge in [0.25, 0.3) is 0 Å². The van der Waals surface area contributed by atoms with E-state index in [0.717, 1.165) is 23.1 Å². The van der Waals surface area contributed by atoms with E-state index in [4.69, 9.17) is 0 Å². The number of nitrogens with zero attached hydrogens (tertiary/aromatic N) is 2. The smallest absolute Gasteiger partial charge is 0.391 e. The van der Waals surface area contributed by atoms with E-state index in [1.165, 1.54) is 4.90 Å². The van der Waals surface area contributed by atoms with Gasteiger partial charge in [0.1, 0.15) is 0 Å². The summed E-state index contributed by atoms with van der Waals surface area (Å²) in [5, 5.41) is 13.4. The van der Waals surface area contributed by atoms with Gasteiger partial charge in [-0.05, 0) is 12.8 Å². The number of likely N-dealkylation sites (tertiary alicyclic amines) is 1. The van der Waals surface area contributed by atoms with E-state index in [9.17, 15) is 23.1 Å². The monoisotopic (exact) mass is 323 g/mol. The van der Waals surface area contributed by atoms with Gasteiger partial charge >= 0.3 is 12.2 Å². The Morgan fingerprint density at radius 3 is 2.95 bits per heavy atom. The van der Waals surface area contributed by atoms with Crippen LogP contribution in [0.5, 0.6) is 0 Å². The second kappa shape index (κ2) is 6.61. The lowest BCUT2D eigenvalue weighted by molar-refractivity contribution is -0.140. The highest BCUT2D eigenvalue weighted by molar-refractivity contribution is 7.09. The first-order valence-electron chi connectivity index (χ1n) is 6.58. The highest BCUT2D eigenvalue weighted by Crippen LogP contribution is 2.29. The maximum atomic E-state index is 12.4. The molecule has 0 saturated carbocycles. The predicted octanol–water partition coefficient (Wildman–Crippen LogP) is 1.87. The number of piperidine rings is 1. The summed E-state index contributed by atoms with van der Waals surface area (Å²) in [6.45, 7) is 1.09. The zero-order valence-electron chi connectivity index (χ0n) is 11.2. The van der Waals surface area contributed by atoms with Gasteiger partial charge in [0, 0.05) is 31.4 Å². The standard InChI is InChI=1S/C12H16F3N3O2S/c13-12(14,15)9-7-21-10(17-9)3-4-16-11(20)18-5-1-2-8(19)6-18/h7-8,19H,1-6H2,(H,16,20). The fourth-order valence-corrected chi connectivity index (χ4v) is 2.89. The van der Waals surface area contributed by atoms with Crippen molar-refractivity contribution < 1.29 is 23.1 Å². The Morgan fingerprint density at radius 1 is 1.57 bits per heavy atom. The van der Waals surface area contributed by atoms with Crippen LogP contribution in [0.25, 0.3) is 0 Å². The number of hydrogen-bond acceptors (Lipinski definition) is 4. The van der Waals surface area contributed by atoms with Gasteiger partial charge in [-0.2, -0.15) is 13.2 Å². The van der Waals surface area contributed by atoms with Crippen molar-refractivity contribution in [2.24, 2.45) is 0 Å². The molecule has 1 aliphatic rings. The number of carbonyl (C=O) groups excluding carboxylic acids is 1. The number of amides is 2. The highest BCUT2D eigenvalue weighted by atomic mass is 32.1. The van der Waals surface area contributed by atoms with Gasteiger partial charge < -0.3 is 15.3 Å². The lowest BCUT2D eigenvalue weighted by Gasteiger charge is -2.30. The minimum Gasteiger partial charge on any atom is -0.391 e. The lowest BCUT2D eigenvalue weighted by atomic mass is 10.1. The largest absolute Gasteiger partial charge is 0.434 e. The molecule has 1 unspecified atom stereocenters. The molecule has 0 spiro atoms. The molecular weight excluding hydrogens is 307 g/mol.